The molecule has 0 aromatic rings. The Morgan fingerprint density at radius 3 is 2.57 bits per heavy atom. The molecule has 3 heteroatoms. The highest BCUT2D eigenvalue weighted by atomic mass is 16.5. The third kappa shape index (κ3) is 2.47. The molecule has 1 atom stereocenters. The third-order valence-electron chi connectivity index (χ3n) is 3.22. The van der Waals surface area contributed by atoms with E-state index in [1.807, 2.05) is 0 Å². The van der Waals surface area contributed by atoms with Crippen molar-refractivity contribution in [2.75, 3.05) is 13.1 Å². The summed E-state index contributed by atoms with van der Waals surface area (Å²) in [5.41, 5.74) is 0. The second kappa shape index (κ2) is 4.78. The quantitative estimate of drug-likeness (QED) is 0.681. The van der Waals surface area contributed by atoms with Crippen LogP contribution in [-0.4, -0.2) is 25.2 Å². The monoisotopic (exact) mass is 197 g/mol. The lowest BCUT2D eigenvalue weighted by Crippen LogP contribution is -2.36. The van der Waals surface area contributed by atoms with Crippen LogP contribution < -0.4 is 5.32 Å². The standard InChI is InChI=1S/C11H19NO2/c13-11(9-4-3-7-12-8-9)14-10-5-1-2-6-10/h9-10,12H,1-8H2. The fourth-order valence-corrected chi connectivity index (χ4v) is 2.32. The fourth-order valence-electron chi connectivity index (χ4n) is 2.32. The molecule has 1 heterocycles. The van der Waals surface area contributed by atoms with Crippen molar-refractivity contribution in [3.63, 3.8) is 0 Å². The Labute approximate surface area is 85.2 Å². The van der Waals surface area contributed by atoms with E-state index < -0.39 is 0 Å². The van der Waals surface area contributed by atoms with Crippen LogP contribution in [-0.2, 0) is 9.53 Å². The number of carbonyl (C=O) groups excluding carboxylic acids is 1. The van der Waals surface area contributed by atoms with E-state index in [2.05, 4.69) is 5.32 Å². The Kier molecular flexibility index (Phi) is 3.40. The van der Waals surface area contributed by atoms with Gasteiger partial charge in [0.05, 0.1) is 5.92 Å². The van der Waals surface area contributed by atoms with Crippen molar-refractivity contribution >= 4 is 5.97 Å². The molecule has 2 aliphatic rings. The first kappa shape index (κ1) is 9.97. The van der Waals surface area contributed by atoms with Gasteiger partial charge in [0.15, 0.2) is 0 Å². The summed E-state index contributed by atoms with van der Waals surface area (Å²) in [5, 5.41) is 3.24. The predicted molar refractivity (Wildman–Crippen MR) is 53.9 cm³/mol. The van der Waals surface area contributed by atoms with E-state index >= 15 is 0 Å². The molecule has 14 heavy (non-hydrogen) atoms. The summed E-state index contributed by atoms with van der Waals surface area (Å²) in [6.07, 6.45) is 6.92. The molecule has 2 fully saturated rings. The molecule has 1 aliphatic carbocycles. The van der Waals surface area contributed by atoms with Crippen molar-refractivity contribution in [1.29, 1.82) is 0 Å². The van der Waals surface area contributed by atoms with E-state index in [-0.39, 0.29) is 18.0 Å². The summed E-state index contributed by atoms with van der Waals surface area (Å²) in [4.78, 5) is 11.7. The fraction of sp³-hybridized carbons (Fsp3) is 0.909. The summed E-state index contributed by atoms with van der Waals surface area (Å²) >= 11 is 0. The van der Waals surface area contributed by atoms with Crippen molar-refractivity contribution in [2.45, 2.75) is 44.6 Å². The highest BCUT2D eigenvalue weighted by molar-refractivity contribution is 5.73. The third-order valence-corrected chi connectivity index (χ3v) is 3.22. The highest BCUT2D eigenvalue weighted by Crippen LogP contribution is 2.23. The van der Waals surface area contributed by atoms with Crippen LogP contribution in [0.5, 0.6) is 0 Å². The maximum Gasteiger partial charge on any atom is 0.310 e. The predicted octanol–water partition coefficient (Wildman–Crippen LogP) is 1.47. The minimum absolute atomic E-state index is 0.0316. The molecule has 2 rings (SSSR count). The Bertz CT molecular complexity index is 193. The number of hydrogen-bond donors (Lipinski definition) is 1. The van der Waals surface area contributed by atoms with E-state index in [1.54, 1.807) is 0 Å². The van der Waals surface area contributed by atoms with Gasteiger partial charge in [0.2, 0.25) is 0 Å². The lowest BCUT2D eigenvalue weighted by molar-refractivity contribution is -0.154. The normalized spacial score (nSPS) is 29.0. The zero-order valence-electron chi connectivity index (χ0n) is 8.63. The first-order chi connectivity index (χ1) is 6.86. The molecule has 1 saturated carbocycles. The molecule has 1 unspecified atom stereocenters. The number of rotatable bonds is 2. The maximum atomic E-state index is 11.7. The van der Waals surface area contributed by atoms with Gasteiger partial charge in [-0.1, -0.05) is 0 Å². The summed E-state index contributed by atoms with van der Waals surface area (Å²) in [6.45, 7) is 1.86. The summed E-state index contributed by atoms with van der Waals surface area (Å²) in [7, 11) is 0. The molecule has 0 aromatic heterocycles. The topological polar surface area (TPSA) is 38.3 Å². The second-order valence-electron chi connectivity index (χ2n) is 4.39. The number of carbonyl (C=O) groups is 1. The van der Waals surface area contributed by atoms with Gasteiger partial charge in [-0.05, 0) is 45.1 Å². The molecule has 1 N–H and O–H groups in total. The maximum absolute atomic E-state index is 11.7. The number of piperidine rings is 1. The van der Waals surface area contributed by atoms with Gasteiger partial charge in [-0.15, -0.1) is 0 Å². The van der Waals surface area contributed by atoms with Crippen LogP contribution in [0.3, 0.4) is 0 Å². The van der Waals surface area contributed by atoms with Crippen LogP contribution in [0.2, 0.25) is 0 Å². The molecule has 0 amide bonds. The highest BCUT2D eigenvalue weighted by Gasteiger charge is 2.26. The lowest BCUT2D eigenvalue weighted by Gasteiger charge is -2.22. The molecule has 0 aromatic carbocycles. The molecule has 3 nitrogen and oxygen atoms in total. The van der Waals surface area contributed by atoms with Gasteiger partial charge in [-0.2, -0.15) is 0 Å². The largest absolute Gasteiger partial charge is 0.462 e. The zero-order valence-corrected chi connectivity index (χ0v) is 8.63. The Morgan fingerprint density at radius 2 is 1.93 bits per heavy atom. The van der Waals surface area contributed by atoms with Gasteiger partial charge in [0, 0.05) is 6.54 Å². The van der Waals surface area contributed by atoms with Crippen LogP contribution >= 0.6 is 0 Å². The average molecular weight is 197 g/mol. The van der Waals surface area contributed by atoms with Gasteiger partial charge in [0.1, 0.15) is 6.10 Å². The first-order valence-electron chi connectivity index (χ1n) is 5.77. The van der Waals surface area contributed by atoms with Crippen molar-refractivity contribution in [3.8, 4) is 0 Å². The van der Waals surface area contributed by atoms with Gasteiger partial charge >= 0.3 is 5.97 Å². The minimum Gasteiger partial charge on any atom is -0.462 e. The molecular formula is C11H19NO2. The van der Waals surface area contributed by atoms with Crippen molar-refractivity contribution in [1.82, 2.24) is 5.32 Å². The van der Waals surface area contributed by atoms with Gasteiger partial charge in [-0.25, -0.2) is 0 Å². The number of ether oxygens (including phenoxy) is 1. The summed E-state index contributed by atoms with van der Waals surface area (Å²) < 4.78 is 5.47. The molecule has 0 spiro atoms. The Balaban J connectivity index is 1.75. The molecule has 1 aliphatic heterocycles. The number of nitrogens with one attached hydrogen (secondary N) is 1. The zero-order chi connectivity index (χ0) is 9.80. The minimum atomic E-state index is 0.0316. The first-order valence-corrected chi connectivity index (χ1v) is 5.77. The number of esters is 1. The Morgan fingerprint density at radius 1 is 1.14 bits per heavy atom. The molecule has 1 saturated heterocycles. The van der Waals surface area contributed by atoms with Crippen molar-refractivity contribution in [2.24, 2.45) is 5.92 Å². The van der Waals surface area contributed by atoms with Crippen LogP contribution in [0.1, 0.15) is 38.5 Å². The van der Waals surface area contributed by atoms with Crippen LogP contribution in [0.4, 0.5) is 0 Å². The van der Waals surface area contributed by atoms with E-state index in [0.29, 0.717) is 0 Å². The smallest absolute Gasteiger partial charge is 0.310 e. The van der Waals surface area contributed by atoms with Crippen molar-refractivity contribution < 1.29 is 9.53 Å². The van der Waals surface area contributed by atoms with E-state index in [1.165, 1.54) is 12.8 Å². The van der Waals surface area contributed by atoms with Crippen LogP contribution in [0.25, 0.3) is 0 Å². The van der Waals surface area contributed by atoms with Crippen LogP contribution in [0.15, 0.2) is 0 Å². The summed E-state index contributed by atoms with van der Waals surface area (Å²) in [5.74, 6) is 0.147. The Hall–Kier alpha value is -0.570. The molecule has 0 radical (unpaired) electrons. The van der Waals surface area contributed by atoms with Crippen molar-refractivity contribution in [3.05, 3.63) is 0 Å². The molecular weight excluding hydrogens is 178 g/mol. The van der Waals surface area contributed by atoms with Gasteiger partial charge < -0.3 is 10.1 Å². The van der Waals surface area contributed by atoms with E-state index in [4.69, 9.17) is 4.74 Å². The number of hydrogen-bond acceptors (Lipinski definition) is 3. The second-order valence-corrected chi connectivity index (χ2v) is 4.39. The molecule has 80 valence electrons. The average Bonchev–Trinajstić information content (AvgIpc) is 2.72. The van der Waals surface area contributed by atoms with Gasteiger partial charge in [-0.3, -0.25) is 4.79 Å². The van der Waals surface area contributed by atoms with Crippen LogP contribution in [0, 0.1) is 5.92 Å². The SMILES string of the molecule is O=C(OC1CCCC1)C1CCCNC1. The van der Waals surface area contributed by atoms with E-state index in [9.17, 15) is 4.79 Å². The van der Waals surface area contributed by atoms with Gasteiger partial charge in [0.25, 0.3) is 0 Å². The molecule has 0 bridgehead atoms. The van der Waals surface area contributed by atoms with E-state index in [0.717, 1.165) is 38.8 Å². The summed E-state index contributed by atoms with van der Waals surface area (Å²) in [6, 6.07) is 0. The lowest BCUT2D eigenvalue weighted by atomic mass is 10.00.